The molecular formula is C12H26N2. The van der Waals surface area contributed by atoms with Crippen LogP contribution in [0.25, 0.3) is 0 Å². The van der Waals surface area contributed by atoms with Crippen molar-refractivity contribution in [2.24, 2.45) is 5.92 Å². The highest BCUT2D eigenvalue weighted by molar-refractivity contribution is 4.79. The molecule has 1 rings (SSSR count). The van der Waals surface area contributed by atoms with Crippen molar-refractivity contribution < 1.29 is 0 Å². The van der Waals surface area contributed by atoms with Crippen LogP contribution in [0.2, 0.25) is 0 Å². The van der Waals surface area contributed by atoms with Gasteiger partial charge in [0.15, 0.2) is 0 Å². The van der Waals surface area contributed by atoms with E-state index in [1.165, 1.54) is 32.5 Å². The first-order valence-electron chi connectivity index (χ1n) is 6.07. The van der Waals surface area contributed by atoms with Gasteiger partial charge in [0.05, 0.1) is 0 Å². The van der Waals surface area contributed by atoms with Crippen LogP contribution in [-0.4, -0.2) is 36.6 Å². The first kappa shape index (κ1) is 12.0. The number of rotatable bonds is 5. The fraction of sp³-hybridized carbons (Fsp3) is 1.00. The third kappa shape index (κ3) is 3.97. The lowest BCUT2D eigenvalue weighted by Crippen LogP contribution is -2.42. The van der Waals surface area contributed by atoms with Gasteiger partial charge in [-0.2, -0.15) is 0 Å². The zero-order chi connectivity index (χ0) is 10.6. The van der Waals surface area contributed by atoms with Crippen molar-refractivity contribution in [2.45, 2.75) is 52.6 Å². The maximum absolute atomic E-state index is 3.57. The highest BCUT2D eigenvalue weighted by Crippen LogP contribution is 2.11. The van der Waals surface area contributed by atoms with E-state index in [0.29, 0.717) is 6.04 Å². The molecule has 0 spiro atoms. The summed E-state index contributed by atoms with van der Waals surface area (Å²) in [6.45, 7) is 12.9. The molecule has 0 amide bonds. The third-order valence-corrected chi connectivity index (χ3v) is 2.95. The van der Waals surface area contributed by atoms with Crippen LogP contribution < -0.4 is 5.32 Å². The molecular weight excluding hydrogens is 172 g/mol. The average Bonchev–Trinajstić information content (AvgIpc) is 2.54. The van der Waals surface area contributed by atoms with E-state index >= 15 is 0 Å². The molecule has 0 saturated carbocycles. The molecule has 2 nitrogen and oxygen atoms in total. The largest absolute Gasteiger partial charge is 0.313 e. The van der Waals surface area contributed by atoms with E-state index in [2.05, 4.69) is 37.9 Å². The van der Waals surface area contributed by atoms with E-state index in [4.69, 9.17) is 0 Å². The first-order valence-corrected chi connectivity index (χ1v) is 6.07. The Morgan fingerprint density at radius 2 is 2.00 bits per heavy atom. The Hall–Kier alpha value is -0.0800. The number of hydrogen-bond donors (Lipinski definition) is 1. The molecule has 1 N–H and O–H groups in total. The molecule has 1 aliphatic heterocycles. The molecule has 1 saturated heterocycles. The minimum absolute atomic E-state index is 0.680. The third-order valence-electron chi connectivity index (χ3n) is 2.95. The summed E-state index contributed by atoms with van der Waals surface area (Å²) >= 11 is 0. The van der Waals surface area contributed by atoms with Crippen LogP contribution in [0, 0.1) is 5.92 Å². The lowest BCUT2D eigenvalue weighted by atomic mass is 10.1. The van der Waals surface area contributed by atoms with Crippen molar-refractivity contribution in [3.63, 3.8) is 0 Å². The standard InChI is InChI=1S/C12H26N2/c1-10(2)8-14(11(3)4)9-12-6-5-7-13-12/h10-13H,5-9H2,1-4H3/t12-/m1/s1. The molecule has 0 bridgehead atoms. The van der Waals surface area contributed by atoms with Crippen LogP contribution >= 0.6 is 0 Å². The molecule has 0 aromatic carbocycles. The Bertz CT molecular complexity index is 148. The Balaban J connectivity index is 2.33. The predicted octanol–water partition coefficient (Wildman–Crippen LogP) is 2.10. The summed E-state index contributed by atoms with van der Waals surface area (Å²) in [5, 5.41) is 3.57. The second kappa shape index (κ2) is 5.72. The molecule has 0 unspecified atom stereocenters. The lowest BCUT2D eigenvalue weighted by Gasteiger charge is -2.30. The molecule has 0 aromatic rings. The van der Waals surface area contributed by atoms with Crippen molar-refractivity contribution in [1.82, 2.24) is 10.2 Å². The topological polar surface area (TPSA) is 15.3 Å². The molecule has 84 valence electrons. The molecule has 2 heteroatoms. The highest BCUT2D eigenvalue weighted by atomic mass is 15.2. The summed E-state index contributed by atoms with van der Waals surface area (Å²) in [6.07, 6.45) is 2.72. The predicted molar refractivity (Wildman–Crippen MR) is 62.6 cm³/mol. The summed E-state index contributed by atoms with van der Waals surface area (Å²) in [4.78, 5) is 2.60. The Morgan fingerprint density at radius 1 is 1.29 bits per heavy atom. The summed E-state index contributed by atoms with van der Waals surface area (Å²) in [6, 6.07) is 1.43. The maximum Gasteiger partial charge on any atom is 0.0195 e. The van der Waals surface area contributed by atoms with Crippen molar-refractivity contribution in [2.75, 3.05) is 19.6 Å². The number of nitrogens with one attached hydrogen (secondary N) is 1. The lowest BCUT2D eigenvalue weighted by molar-refractivity contribution is 0.181. The monoisotopic (exact) mass is 198 g/mol. The molecule has 14 heavy (non-hydrogen) atoms. The van der Waals surface area contributed by atoms with Crippen LogP contribution in [0.1, 0.15) is 40.5 Å². The van der Waals surface area contributed by atoms with Gasteiger partial charge in [-0.05, 0) is 39.2 Å². The van der Waals surface area contributed by atoms with Crippen molar-refractivity contribution in [3.8, 4) is 0 Å². The Morgan fingerprint density at radius 3 is 2.43 bits per heavy atom. The fourth-order valence-electron chi connectivity index (χ4n) is 2.16. The average molecular weight is 198 g/mol. The van der Waals surface area contributed by atoms with Crippen LogP contribution in [0.4, 0.5) is 0 Å². The smallest absolute Gasteiger partial charge is 0.0195 e. The molecule has 1 aliphatic rings. The normalized spacial score (nSPS) is 22.9. The van der Waals surface area contributed by atoms with Crippen LogP contribution in [0.3, 0.4) is 0 Å². The van der Waals surface area contributed by atoms with Gasteiger partial charge < -0.3 is 5.32 Å². The maximum atomic E-state index is 3.57. The SMILES string of the molecule is CC(C)CN(C[C@H]1CCCN1)C(C)C. The van der Waals surface area contributed by atoms with Gasteiger partial charge in [-0.3, -0.25) is 4.90 Å². The van der Waals surface area contributed by atoms with Crippen LogP contribution in [0.5, 0.6) is 0 Å². The van der Waals surface area contributed by atoms with Gasteiger partial charge in [0, 0.05) is 25.2 Å². The van der Waals surface area contributed by atoms with Crippen molar-refractivity contribution in [1.29, 1.82) is 0 Å². The van der Waals surface area contributed by atoms with E-state index < -0.39 is 0 Å². The van der Waals surface area contributed by atoms with E-state index in [0.717, 1.165) is 12.0 Å². The van der Waals surface area contributed by atoms with Gasteiger partial charge in [-0.1, -0.05) is 13.8 Å². The van der Waals surface area contributed by atoms with Gasteiger partial charge in [0.2, 0.25) is 0 Å². The Labute approximate surface area is 89.1 Å². The van der Waals surface area contributed by atoms with Crippen molar-refractivity contribution in [3.05, 3.63) is 0 Å². The molecule has 0 aromatic heterocycles. The summed E-state index contributed by atoms with van der Waals surface area (Å²) in [7, 11) is 0. The molecule has 1 heterocycles. The number of hydrogen-bond acceptors (Lipinski definition) is 2. The highest BCUT2D eigenvalue weighted by Gasteiger charge is 2.19. The van der Waals surface area contributed by atoms with Gasteiger partial charge >= 0.3 is 0 Å². The van der Waals surface area contributed by atoms with E-state index in [1.54, 1.807) is 0 Å². The summed E-state index contributed by atoms with van der Waals surface area (Å²) in [5.41, 5.74) is 0. The molecule has 0 aliphatic carbocycles. The van der Waals surface area contributed by atoms with E-state index in [1.807, 2.05) is 0 Å². The fourth-order valence-corrected chi connectivity index (χ4v) is 2.16. The Kier molecular flexibility index (Phi) is 4.90. The zero-order valence-electron chi connectivity index (χ0n) is 10.2. The van der Waals surface area contributed by atoms with Gasteiger partial charge in [0.1, 0.15) is 0 Å². The molecule has 0 radical (unpaired) electrons. The van der Waals surface area contributed by atoms with Gasteiger partial charge in [-0.15, -0.1) is 0 Å². The van der Waals surface area contributed by atoms with E-state index in [-0.39, 0.29) is 0 Å². The van der Waals surface area contributed by atoms with Crippen LogP contribution in [0.15, 0.2) is 0 Å². The second-order valence-electron chi connectivity index (χ2n) is 5.23. The zero-order valence-corrected chi connectivity index (χ0v) is 10.2. The van der Waals surface area contributed by atoms with Crippen LogP contribution in [-0.2, 0) is 0 Å². The minimum Gasteiger partial charge on any atom is -0.313 e. The molecule has 1 fully saturated rings. The number of nitrogens with zero attached hydrogens (tertiary/aromatic N) is 1. The second-order valence-corrected chi connectivity index (χ2v) is 5.23. The minimum atomic E-state index is 0.680. The van der Waals surface area contributed by atoms with Gasteiger partial charge in [-0.25, -0.2) is 0 Å². The quantitative estimate of drug-likeness (QED) is 0.728. The van der Waals surface area contributed by atoms with E-state index in [9.17, 15) is 0 Å². The summed E-state index contributed by atoms with van der Waals surface area (Å²) < 4.78 is 0. The first-order chi connectivity index (χ1) is 6.59. The van der Waals surface area contributed by atoms with Crippen molar-refractivity contribution >= 4 is 0 Å². The molecule has 1 atom stereocenters. The summed E-state index contributed by atoms with van der Waals surface area (Å²) in [5.74, 6) is 0.777. The van der Waals surface area contributed by atoms with Gasteiger partial charge in [0.25, 0.3) is 0 Å².